The number of sulfone groups is 1. The van der Waals surface area contributed by atoms with E-state index in [1.54, 1.807) is 18.3 Å². The van der Waals surface area contributed by atoms with Crippen molar-refractivity contribution in [1.82, 2.24) is 29.9 Å². The van der Waals surface area contributed by atoms with Gasteiger partial charge < -0.3 is 42.1 Å². The Labute approximate surface area is 566 Å². The SMILES string of the molecule is CC1(C)C[C@H](Nc2nc(NCCc3ccc(S(=O)(=O)C(C)(F)F)cc3)ncc2C#N)CC[C@@H]1O.C[C@H]1CC[C@@H](Nc2nc(NCCc3ccc(S(N)(=O)=O)c(Cl)c3)ncc2C#N)CC1(C)C.Cc1cc(Cl)cc(CCNc2ncc(C#N)c(N[C@@H]3CC[C@H](O)C(C)(C)C3)n2)c1. The van der Waals surface area contributed by atoms with Gasteiger partial charge in [0.05, 0.1) is 40.7 Å². The molecule has 3 heterocycles. The van der Waals surface area contributed by atoms with Crippen molar-refractivity contribution in [3.05, 3.63) is 128 Å². The van der Waals surface area contributed by atoms with Crippen molar-refractivity contribution in [2.24, 2.45) is 27.3 Å². The second-order valence-corrected chi connectivity index (χ2v) is 31.5. The maximum Gasteiger partial charge on any atom is 0.347 e. The Morgan fingerprint density at radius 1 is 0.589 bits per heavy atom. The van der Waals surface area contributed by atoms with Gasteiger partial charge in [0, 0.05) is 49.7 Å². The van der Waals surface area contributed by atoms with E-state index in [1.165, 1.54) is 42.7 Å². The Morgan fingerprint density at radius 2 is 0.989 bits per heavy atom. The summed E-state index contributed by atoms with van der Waals surface area (Å²) in [6, 6.07) is 22.9. The molecule has 3 aliphatic carbocycles. The van der Waals surface area contributed by atoms with Crippen LogP contribution in [0.15, 0.2) is 89.0 Å². The number of aliphatic hydroxyl groups is 2. The second-order valence-electron chi connectivity index (χ2n) is 26.9. The van der Waals surface area contributed by atoms with Gasteiger partial charge in [0.25, 0.3) is 0 Å². The first-order chi connectivity index (χ1) is 44.6. The highest BCUT2D eigenvalue weighted by molar-refractivity contribution is 7.92. The van der Waals surface area contributed by atoms with Gasteiger partial charge in [0.2, 0.25) is 37.7 Å². The number of primary sulfonamides is 1. The van der Waals surface area contributed by atoms with Crippen LogP contribution < -0.4 is 37.0 Å². The quantitative estimate of drug-likeness (QED) is 0.0323. The van der Waals surface area contributed by atoms with E-state index in [4.69, 9.17) is 28.3 Å². The molecule has 6 aromatic rings. The van der Waals surface area contributed by atoms with Crippen molar-refractivity contribution >= 4 is 78.4 Å². The van der Waals surface area contributed by atoms with Gasteiger partial charge in [-0.15, -0.1) is 0 Å². The summed E-state index contributed by atoms with van der Waals surface area (Å²) in [7, 11) is -8.56. The fourth-order valence-electron chi connectivity index (χ4n) is 11.8. The molecule has 22 nitrogen and oxygen atoms in total. The zero-order chi connectivity index (χ0) is 69.7. The molecule has 3 saturated carbocycles. The van der Waals surface area contributed by atoms with E-state index >= 15 is 0 Å². The van der Waals surface area contributed by atoms with Gasteiger partial charge in [-0.2, -0.15) is 39.5 Å². The number of nitriles is 3. The number of anilines is 6. The zero-order valence-electron chi connectivity index (χ0n) is 55.0. The summed E-state index contributed by atoms with van der Waals surface area (Å²) in [4.78, 5) is 25.6. The van der Waals surface area contributed by atoms with Crippen molar-refractivity contribution in [2.45, 2.75) is 185 Å². The number of rotatable bonds is 21. The third-order valence-electron chi connectivity index (χ3n) is 17.9. The molecule has 0 aliphatic heterocycles. The van der Waals surface area contributed by atoms with Crippen LogP contribution in [0, 0.1) is 63.1 Å². The Bertz CT molecular complexity index is 3990. The molecule has 0 radical (unpaired) electrons. The van der Waals surface area contributed by atoms with Crippen LogP contribution in [-0.2, 0) is 39.1 Å². The molecule has 3 aliphatic rings. The smallest absolute Gasteiger partial charge is 0.347 e. The Kier molecular flexibility index (Phi) is 25.2. The van der Waals surface area contributed by atoms with Gasteiger partial charge in [-0.1, -0.05) is 95.9 Å². The van der Waals surface area contributed by atoms with Crippen molar-refractivity contribution in [1.29, 1.82) is 15.8 Å². The summed E-state index contributed by atoms with van der Waals surface area (Å²) in [6.45, 7) is 19.0. The van der Waals surface area contributed by atoms with Gasteiger partial charge in [-0.05, 0) is 165 Å². The number of benzene rings is 3. The van der Waals surface area contributed by atoms with Gasteiger partial charge >= 0.3 is 5.25 Å². The number of nitrogens with two attached hydrogens (primary N) is 1. The molecule has 10 N–H and O–H groups in total. The van der Waals surface area contributed by atoms with Crippen LogP contribution in [-0.4, -0.2) is 112 Å². The molecule has 28 heteroatoms. The van der Waals surface area contributed by atoms with Crippen LogP contribution >= 0.6 is 23.2 Å². The normalized spacial score (nSPS) is 20.5. The number of hydrogen-bond donors (Lipinski definition) is 9. The van der Waals surface area contributed by atoms with Gasteiger partial charge in [-0.3, -0.25) is 0 Å². The van der Waals surface area contributed by atoms with E-state index in [1.807, 2.05) is 32.9 Å². The average Bonchev–Trinajstić information content (AvgIpc) is 0.834. The molecule has 95 heavy (non-hydrogen) atoms. The average molecular weight is 1380 g/mol. The number of nitrogens with zero attached hydrogens (tertiary/aromatic N) is 9. The van der Waals surface area contributed by atoms with Crippen molar-refractivity contribution in [3.63, 3.8) is 0 Å². The molecule has 510 valence electrons. The maximum absolute atomic E-state index is 13.3. The third-order valence-corrected chi connectivity index (χ3v) is 21.4. The largest absolute Gasteiger partial charge is 0.393 e. The lowest BCUT2D eigenvalue weighted by molar-refractivity contribution is 0.00924. The van der Waals surface area contributed by atoms with Gasteiger partial charge in [0.1, 0.15) is 57.2 Å². The van der Waals surface area contributed by atoms with E-state index in [2.05, 4.69) is 121 Å². The highest BCUT2D eigenvalue weighted by atomic mass is 35.5. The van der Waals surface area contributed by atoms with Crippen LogP contribution in [0.2, 0.25) is 10.0 Å². The highest BCUT2D eigenvalue weighted by Gasteiger charge is 2.41. The molecule has 3 aromatic heterocycles. The number of alkyl halides is 2. The monoisotopic (exact) mass is 1380 g/mol. The van der Waals surface area contributed by atoms with Crippen LogP contribution in [0.1, 0.15) is 152 Å². The molecule has 9 rings (SSSR count). The third kappa shape index (κ3) is 20.9. The summed E-state index contributed by atoms with van der Waals surface area (Å²) < 4.78 is 73.2. The maximum atomic E-state index is 13.3. The highest BCUT2D eigenvalue weighted by Crippen LogP contribution is 2.42. The number of aryl methyl sites for hydroxylation is 1. The van der Waals surface area contributed by atoms with Crippen LogP contribution in [0.4, 0.5) is 44.1 Å². The fourth-order valence-corrected chi connectivity index (χ4v) is 14.2. The predicted octanol–water partition coefficient (Wildman–Crippen LogP) is 12.0. The molecule has 0 spiro atoms. The first-order valence-corrected chi connectivity index (χ1v) is 35.4. The van der Waals surface area contributed by atoms with Crippen LogP contribution in [0.5, 0.6) is 0 Å². The Morgan fingerprint density at radius 3 is 1.37 bits per heavy atom. The number of aromatic nitrogens is 6. The second kappa shape index (κ2) is 32.0. The summed E-state index contributed by atoms with van der Waals surface area (Å²) in [5.41, 5.74) is 4.87. The van der Waals surface area contributed by atoms with Gasteiger partial charge in [-0.25, -0.2) is 36.9 Å². The summed E-state index contributed by atoms with van der Waals surface area (Å²) in [6.07, 6.45) is 13.4. The molecule has 6 atom stereocenters. The molecular weight excluding hydrogens is 1300 g/mol. The van der Waals surface area contributed by atoms with Gasteiger partial charge in [0.15, 0.2) is 0 Å². The van der Waals surface area contributed by atoms with Crippen LogP contribution in [0.3, 0.4) is 0 Å². The lowest BCUT2D eigenvalue weighted by Gasteiger charge is -2.41. The number of halogens is 4. The fraction of sp³-hybridized carbons (Fsp3) is 0.507. The minimum atomic E-state index is -4.71. The lowest BCUT2D eigenvalue weighted by atomic mass is 9.68. The zero-order valence-corrected chi connectivity index (χ0v) is 58.2. The van der Waals surface area contributed by atoms with E-state index in [9.17, 15) is 51.6 Å². The molecule has 0 unspecified atom stereocenters. The summed E-state index contributed by atoms with van der Waals surface area (Å²) >= 11 is 12.2. The van der Waals surface area contributed by atoms with Crippen LogP contribution in [0.25, 0.3) is 0 Å². The van der Waals surface area contributed by atoms with E-state index in [-0.39, 0.29) is 56.5 Å². The van der Waals surface area contributed by atoms with E-state index < -0.39 is 30.0 Å². The van der Waals surface area contributed by atoms with E-state index in [0.717, 1.165) is 85.1 Å². The topological polar surface area (TPSA) is 356 Å². The number of aliphatic hydroxyl groups excluding tert-OH is 2. The van der Waals surface area contributed by atoms with E-state index in [0.29, 0.717) is 104 Å². The Hall–Kier alpha value is -7.61. The standard InChI is InChI=1S/C23H29F2N5O3S.C22H29ClN6O2S.C22H28ClN5O/c1-22(2)12-17(6-9-19(22)31)29-20-16(13-26)14-28-21(30-20)27-11-10-15-4-7-18(8-5-15)34(32,33)23(3,24)25;1-14-4-6-17(11-22(14,2)3)28-20-16(12-24)13-27-21(29-20)26-9-8-15-5-7-19(18(23)10-15)32(25,30)31;1-14-8-15(10-17(23)9-14)6-7-25-21-26-13-16(12-24)20(28-21)27-18-4-5-19(29)22(2,3)11-18/h4-5,7-8,14,17,19,31H,6,9-12H2,1-3H3,(H2,27,28,29,30);5,7,10,13-14,17H,4,6,8-9,11H2,1-3H3,(H2,25,30,31)(H2,26,27,28,29);8-10,13,18-19,29H,4-7,11H2,1-3H3,(H2,25,26,27,28)/t17-,19+;14-,17+;18-,19+/m101/s1. The predicted molar refractivity (Wildman–Crippen MR) is 366 cm³/mol. The molecule has 3 aromatic carbocycles. The molecular formula is C67H86Cl2F2N16O6S2. The minimum Gasteiger partial charge on any atom is -0.393 e. The first-order valence-electron chi connectivity index (χ1n) is 31.6. The minimum absolute atomic E-state index is 0.0681. The molecule has 3 fully saturated rings. The molecule has 0 saturated heterocycles. The molecule has 0 amide bonds. The number of nitrogens with one attached hydrogen (secondary N) is 6. The number of sulfonamides is 1. The first kappa shape index (κ1) is 74.8. The van der Waals surface area contributed by atoms with Crippen molar-refractivity contribution < 1.29 is 35.8 Å². The number of hydrogen-bond acceptors (Lipinski definition) is 21. The summed E-state index contributed by atoms with van der Waals surface area (Å²) in [5.74, 6) is 3.39. The summed E-state index contributed by atoms with van der Waals surface area (Å²) in [5, 5.41) is 70.4. The van der Waals surface area contributed by atoms with Crippen molar-refractivity contribution in [3.8, 4) is 18.2 Å². The molecule has 0 bridgehead atoms. The lowest BCUT2D eigenvalue weighted by Crippen LogP contribution is -2.41. The van der Waals surface area contributed by atoms with Crippen molar-refractivity contribution in [2.75, 3.05) is 51.5 Å². The Balaban J connectivity index is 0.000000202.